The fraction of sp³-hybridized carbons (Fsp3) is 0.333. The van der Waals surface area contributed by atoms with Gasteiger partial charge in [0.05, 0.1) is 17.0 Å². The number of thiophene rings is 1. The van der Waals surface area contributed by atoms with E-state index in [4.69, 9.17) is 16.7 Å². The van der Waals surface area contributed by atoms with Crippen molar-refractivity contribution in [2.24, 2.45) is 0 Å². The van der Waals surface area contributed by atoms with Gasteiger partial charge < -0.3 is 15.4 Å². The maximum absolute atomic E-state index is 12.4. The average Bonchev–Trinajstić information content (AvgIpc) is 3.26. The average molecular weight is 419 g/mol. The van der Waals surface area contributed by atoms with E-state index in [1.807, 2.05) is 43.5 Å². The lowest BCUT2D eigenvalue weighted by Gasteiger charge is -2.13. The minimum absolute atomic E-state index is 0.0512. The summed E-state index contributed by atoms with van der Waals surface area (Å²) in [5.74, 6) is -1.34. The topological polar surface area (TPSA) is 82.2 Å². The van der Waals surface area contributed by atoms with E-state index in [9.17, 15) is 9.59 Å². The molecule has 7 heteroatoms. The van der Waals surface area contributed by atoms with Crippen molar-refractivity contribution >= 4 is 45.7 Å². The number of amides is 1. The Kier molecular flexibility index (Phi) is 6.42. The molecule has 0 spiro atoms. The standard InChI is InChI=1S/C21H23ClN2O3S/c1-12-5-6-16(22)20-15(13(2)24-21(12)20)7-8-23-18(25)10-14(11-19(26)27)17-4-3-9-28-17/h3-6,9,14,24H,7-8,10-11H2,1-2H3,(H,23,25)(H,26,27). The molecule has 2 heterocycles. The summed E-state index contributed by atoms with van der Waals surface area (Å²) in [5.41, 5.74) is 4.31. The van der Waals surface area contributed by atoms with Gasteiger partial charge in [0.1, 0.15) is 0 Å². The van der Waals surface area contributed by atoms with E-state index in [1.165, 1.54) is 11.3 Å². The lowest BCUT2D eigenvalue weighted by Crippen LogP contribution is -2.27. The first-order chi connectivity index (χ1) is 13.4. The number of hydrogen-bond donors (Lipinski definition) is 3. The van der Waals surface area contributed by atoms with Crippen molar-refractivity contribution in [3.63, 3.8) is 0 Å². The van der Waals surface area contributed by atoms with Crippen LogP contribution in [0.4, 0.5) is 0 Å². The number of nitrogens with one attached hydrogen (secondary N) is 2. The van der Waals surface area contributed by atoms with E-state index < -0.39 is 5.97 Å². The summed E-state index contributed by atoms with van der Waals surface area (Å²) in [6.07, 6.45) is 0.771. The van der Waals surface area contributed by atoms with Crippen molar-refractivity contribution in [2.45, 2.75) is 39.0 Å². The smallest absolute Gasteiger partial charge is 0.304 e. The lowest BCUT2D eigenvalue weighted by molar-refractivity contribution is -0.137. The molecule has 0 bridgehead atoms. The van der Waals surface area contributed by atoms with Gasteiger partial charge >= 0.3 is 5.97 Å². The maximum atomic E-state index is 12.4. The molecular formula is C21H23ClN2O3S. The van der Waals surface area contributed by atoms with Crippen LogP contribution in [-0.2, 0) is 16.0 Å². The van der Waals surface area contributed by atoms with Gasteiger partial charge in [0, 0.05) is 34.8 Å². The van der Waals surface area contributed by atoms with Crippen molar-refractivity contribution < 1.29 is 14.7 Å². The first kappa shape index (κ1) is 20.4. The van der Waals surface area contributed by atoms with Crippen molar-refractivity contribution in [3.05, 3.63) is 56.4 Å². The number of benzene rings is 1. The number of rotatable bonds is 8. The molecule has 0 radical (unpaired) electrons. The lowest BCUT2D eigenvalue weighted by atomic mass is 9.99. The molecule has 3 aromatic rings. The Bertz CT molecular complexity index is 995. The monoisotopic (exact) mass is 418 g/mol. The predicted octanol–water partition coefficient (Wildman–Crippen LogP) is 4.81. The van der Waals surface area contributed by atoms with Crippen LogP contribution in [-0.4, -0.2) is 28.5 Å². The summed E-state index contributed by atoms with van der Waals surface area (Å²) in [5, 5.41) is 15.7. The van der Waals surface area contributed by atoms with Crippen LogP contribution in [0.2, 0.25) is 5.02 Å². The van der Waals surface area contributed by atoms with E-state index in [2.05, 4.69) is 10.3 Å². The molecule has 3 rings (SSSR count). The second kappa shape index (κ2) is 8.80. The second-order valence-corrected chi connectivity index (χ2v) is 8.34. The zero-order valence-electron chi connectivity index (χ0n) is 15.8. The number of fused-ring (bicyclic) bond motifs is 1. The fourth-order valence-corrected chi connectivity index (χ4v) is 4.63. The zero-order valence-corrected chi connectivity index (χ0v) is 17.4. The van der Waals surface area contributed by atoms with E-state index in [0.29, 0.717) is 18.0 Å². The number of aromatic amines is 1. The molecule has 2 aromatic heterocycles. The summed E-state index contributed by atoms with van der Waals surface area (Å²) in [7, 11) is 0. The molecule has 1 amide bonds. The highest BCUT2D eigenvalue weighted by Gasteiger charge is 2.20. The SMILES string of the molecule is Cc1[nH]c2c(C)ccc(Cl)c2c1CCNC(=O)CC(CC(=O)O)c1cccs1. The number of carbonyl (C=O) groups excluding carboxylic acids is 1. The molecule has 5 nitrogen and oxygen atoms in total. The zero-order chi connectivity index (χ0) is 20.3. The maximum Gasteiger partial charge on any atom is 0.304 e. The second-order valence-electron chi connectivity index (χ2n) is 6.96. The molecule has 0 aliphatic rings. The third-order valence-electron chi connectivity index (χ3n) is 4.93. The number of hydrogen-bond acceptors (Lipinski definition) is 3. The molecule has 0 aliphatic heterocycles. The Morgan fingerprint density at radius 1 is 1.25 bits per heavy atom. The minimum atomic E-state index is -0.898. The predicted molar refractivity (Wildman–Crippen MR) is 113 cm³/mol. The summed E-state index contributed by atoms with van der Waals surface area (Å²) in [6, 6.07) is 7.63. The number of H-pyrrole nitrogens is 1. The van der Waals surface area contributed by atoms with Gasteiger partial charge in [-0.1, -0.05) is 23.7 Å². The summed E-state index contributed by atoms with van der Waals surface area (Å²) in [6.45, 7) is 4.51. The quantitative estimate of drug-likeness (QED) is 0.491. The van der Waals surface area contributed by atoms with Gasteiger partial charge in [-0.15, -0.1) is 11.3 Å². The van der Waals surface area contributed by atoms with Crippen molar-refractivity contribution in [1.82, 2.24) is 10.3 Å². The third-order valence-corrected chi connectivity index (χ3v) is 6.28. The van der Waals surface area contributed by atoms with Crippen LogP contribution >= 0.6 is 22.9 Å². The highest BCUT2D eigenvalue weighted by atomic mass is 35.5. The van der Waals surface area contributed by atoms with E-state index >= 15 is 0 Å². The molecule has 1 unspecified atom stereocenters. The van der Waals surface area contributed by atoms with Gasteiger partial charge in [0.2, 0.25) is 5.91 Å². The molecule has 3 N–H and O–H groups in total. The van der Waals surface area contributed by atoms with Crippen LogP contribution in [0, 0.1) is 13.8 Å². The Labute approximate surface area is 172 Å². The number of carbonyl (C=O) groups is 2. The summed E-state index contributed by atoms with van der Waals surface area (Å²) >= 11 is 7.88. The van der Waals surface area contributed by atoms with Gasteiger partial charge in [0.15, 0.2) is 0 Å². The molecule has 148 valence electrons. The molecule has 1 aromatic carbocycles. The largest absolute Gasteiger partial charge is 0.481 e. The normalized spacial score (nSPS) is 12.2. The van der Waals surface area contributed by atoms with Crippen molar-refractivity contribution in [1.29, 1.82) is 0 Å². The molecule has 0 aliphatic carbocycles. The van der Waals surface area contributed by atoms with Crippen LogP contribution in [0.1, 0.15) is 40.5 Å². The molecule has 28 heavy (non-hydrogen) atoms. The van der Waals surface area contributed by atoms with E-state index in [1.54, 1.807) is 0 Å². The Hall–Kier alpha value is -2.31. The molecule has 0 saturated carbocycles. The fourth-order valence-electron chi connectivity index (χ4n) is 3.53. The highest BCUT2D eigenvalue weighted by Crippen LogP contribution is 2.32. The first-order valence-corrected chi connectivity index (χ1v) is 10.4. The first-order valence-electron chi connectivity index (χ1n) is 9.15. The van der Waals surface area contributed by atoms with Crippen LogP contribution in [0.15, 0.2) is 29.6 Å². The highest BCUT2D eigenvalue weighted by molar-refractivity contribution is 7.10. The molecular weight excluding hydrogens is 396 g/mol. The van der Waals surface area contributed by atoms with Gasteiger partial charge in [-0.05, 0) is 48.9 Å². The number of aromatic nitrogens is 1. The Morgan fingerprint density at radius 3 is 2.71 bits per heavy atom. The van der Waals surface area contributed by atoms with Crippen LogP contribution in [0.3, 0.4) is 0 Å². The number of aryl methyl sites for hydroxylation is 2. The van der Waals surface area contributed by atoms with Crippen LogP contribution in [0.25, 0.3) is 10.9 Å². The van der Waals surface area contributed by atoms with Crippen molar-refractivity contribution in [3.8, 4) is 0 Å². The minimum Gasteiger partial charge on any atom is -0.481 e. The van der Waals surface area contributed by atoms with Gasteiger partial charge in [-0.3, -0.25) is 9.59 Å². The number of halogens is 1. The van der Waals surface area contributed by atoms with Crippen LogP contribution < -0.4 is 5.32 Å². The third kappa shape index (κ3) is 4.56. The number of carboxylic acid groups (broad SMARTS) is 1. The van der Waals surface area contributed by atoms with E-state index in [-0.39, 0.29) is 24.7 Å². The van der Waals surface area contributed by atoms with Crippen molar-refractivity contribution in [2.75, 3.05) is 6.54 Å². The van der Waals surface area contributed by atoms with E-state index in [0.717, 1.165) is 32.6 Å². The molecule has 1 atom stereocenters. The van der Waals surface area contributed by atoms with Gasteiger partial charge in [-0.2, -0.15) is 0 Å². The van der Waals surface area contributed by atoms with Gasteiger partial charge in [-0.25, -0.2) is 0 Å². The van der Waals surface area contributed by atoms with Gasteiger partial charge in [0.25, 0.3) is 0 Å². The Morgan fingerprint density at radius 2 is 2.04 bits per heavy atom. The summed E-state index contributed by atoms with van der Waals surface area (Å²) in [4.78, 5) is 27.8. The summed E-state index contributed by atoms with van der Waals surface area (Å²) < 4.78 is 0. The number of aliphatic carboxylic acids is 1. The molecule has 0 saturated heterocycles. The Balaban J connectivity index is 1.64. The number of carboxylic acids is 1. The molecule has 0 fully saturated rings. The van der Waals surface area contributed by atoms with Crippen LogP contribution in [0.5, 0.6) is 0 Å².